The van der Waals surface area contributed by atoms with Crippen molar-refractivity contribution in [1.29, 1.82) is 0 Å². The van der Waals surface area contributed by atoms with Crippen LogP contribution in [0.15, 0.2) is 42.5 Å². The minimum atomic E-state index is -0.323. The normalized spacial score (nSPS) is 11.9. The first kappa shape index (κ1) is 16.4. The van der Waals surface area contributed by atoms with E-state index in [0.717, 1.165) is 16.5 Å². The van der Waals surface area contributed by atoms with E-state index in [9.17, 15) is 9.59 Å². The minimum Gasteiger partial charge on any atom is -0.465 e. The van der Waals surface area contributed by atoms with Gasteiger partial charge in [0.15, 0.2) is 0 Å². The summed E-state index contributed by atoms with van der Waals surface area (Å²) in [5.41, 5.74) is 0.757. The van der Waals surface area contributed by atoms with Crippen molar-refractivity contribution in [2.75, 3.05) is 17.7 Å². The Morgan fingerprint density at radius 3 is 2.64 bits per heavy atom. The molecule has 1 amide bonds. The van der Waals surface area contributed by atoms with Crippen LogP contribution in [0, 0.1) is 0 Å². The monoisotopic (exact) mass is 317 g/mol. The molecule has 22 heavy (non-hydrogen) atoms. The Labute approximate surface area is 134 Å². The second kappa shape index (κ2) is 7.84. The van der Waals surface area contributed by atoms with Gasteiger partial charge in [0.05, 0.1) is 17.6 Å². The fourth-order valence-electron chi connectivity index (χ4n) is 1.98. The molecule has 0 heterocycles. The molecule has 0 aromatic heterocycles. The fraction of sp³-hybridized carbons (Fsp3) is 0.294. The third-order valence-electron chi connectivity index (χ3n) is 3.14. The highest BCUT2D eigenvalue weighted by atomic mass is 32.2. The number of amides is 1. The van der Waals surface area contributed by atoms with Crippen LogP contribution in [0.2, 0.25) is 0 Å². The molecule has 2 aromatic carbocycles. The topological polar surface area (TPSA) is 55.4 Å². The molecule has 0 radical (unpaired) electrons. The SMILES string of the molecule is CCOC(=O)CSC(C)C(=O)Nc1ccc2ccccc2c1. The summed E-state index contributed by atoms with van der Waals surface area (Å²) in [5, 5.41) is 4.76. The van der Waals surface area contributed by atoms with Gasteiger partial charge in [-0.05, 0) is 36.8 Å². The zero-order valence-corrected chi connectivity index (χ0v) is 13.5. The van der Waals surface area contributed by atoms with Gasteiger partial charge in [-0.15, -0.1) is 11.8 Å². The lowest BCUT2D eigenvalue weighted by Gasteiger charge is -2.12. The first-order valence-electron chi connectivity index (χ1n) is 7.17. The molecule has 0 aliphatic carbocycles. The minimum absolute atomic E-state index is 0.121. The van der Waals surface area contributed by atoms with Crippen LogP contribution < -0.4 is 5.32 Å². The van der Waals surface area contributed by atoms with Crippen molar-refractivity contribution in [3.63, 3.8) is 0 Å². The summed E-state index contributed by atoms with van der Waals surface area (Å²) >= 11 is 1.27. The summed E-state index contributed by atoms with van der Waals surface area (Å²) in [7, 11) is 0. The van der Waals surface area contributed by atoms with Crippen molar-refractivity contribution in [3.8, 4) is 0 Å². The Morgan fingerprint density at radius 1 is 1.18 bits per heavy atom. The molecule has 1 atom stereocenters. The molecule has 0 fully saturated rings. The van der Waals surface area contributed by atoms with E-state index in [-0.39, 0.29) is 22.9 Å². The molecular weight excluding hydrogens is 298 g/mol. The second-order valence-corrected chi connectivity index (χ2v) is 6.14. The molecule has 1 N–H and O–H groups in total. The zero-order chi connectivity index (χ0) is 15.9. The molecule has 0 bridgehead atoms. The van der Waals surface area contributed by atoms with E-state index in [4.69, 9.17) is 4.74 Å². The predicted octanol–water partition coefficient (Wildman–Crippen LogP) is 3.46. The standard InChI is InChI=1S/C17H19NO3S/c1-3-21-16(19)11-22-12(2)17(20)18-15-9-8-13-6-4-5-7-14(13)10-15/h4-10,12H,3,11H2,1-2H3,(H,18,20). The maximum Gasteiger partial charge on any atom is 0.315 e. The Hall–Kier alpha value is -2.01. The van der Waals surface area contributed by atoms with Crippen LogP contribution in [0.1, 0.15) is 13.8 Å². The summed E-state index contributed by atoms with van der Waals surface area (Å²) in [6, 6.07) is 13.8. The highest BCUT2D eigenvalue weighted by Crippen LogP contribution is 2.20. The van der Waals surface area contributed by atoms with Crippen molar-refractivity contribution in [2.24, 2.45) is 0 Å². The van der Waals surface area contributed by atoms with Crippen LogP contribution in [-0.2, 0) is 14.3 Å². The summed E-state index contributed by atoms with van der Waals surface area (Å²) < 4.78 is 4.85. The lowest BCUT2D eigenvalue weighted by Crippen LogP contribution is -2.24. The van der Waals surface area contributed by atoms with E-state index in [0.29, 0.717) is 6.61 Å². The number of thioether (sulfide) groups is 1. The molecule has 5 heteroatoms. The molecule has 2 rings (SSSR count). The molecule has 116 valence electrons. The molecule has 1 unspecified atom stereocenters. The molecule has 0 spiro atoms. The van der Waals surface area contributed by atoms with Crippen LogP contribution in [0.4, 0.5) is 5.69 Å². The lowest BCUT2D eigenvalue weighted by molar-refractivity contribution is -0.139. The van der Waals surface area contributed by atoms with Gasteiger partial charge in [-0.1, -0.05) is 30.3 Å². The number of hydrogen-bond acceptors (Lipinski definition) is 4. The quantitative estimate of drug-likeness (QED) is 0.829. The van der Waals surface area contributed by atoms with Gasteiger partial charge in [-0.3, -0.25) is 9.59 Å². The number of fused-ring (bicyclic) bond motifs is 1. The number of hydrogen-bond donors (Lipinski definition) is 1. The van der Waals surface area contributed by atoms with E-state index < -0.39 is 0 Å². The zero-order valence-electron chi connectivity index (χ0n) is 12.7. The molecule has 0 aliphatic rings. The van der Waals surface area contributed by atoms with Crippen molar-refractivity contribution in [2.45, 2.75) is 19.1 Å². The molecule has 0 saturated carbocycles. The highest BCUT2D eigenvalue weighted by molar-refractivity contribution is 8.01. The summed E-state index contributed by atoms with van der Waals surface area (Å²) in [5.74, 6) is -0.234. The van der Waals surface area contributed by atoms with Crippen molar-refractivity contribution in [1.82, 2.24) is 0 Å². The largest absolute Gasteiger partial charge is 0.465 e. The highest BCUT2D eigenvalue weighted by Gasteiger charge is 2.15. The number of nitrogens with one attached hydrogen (secondary N) is 1. The number of esters is 1. The molecule has 2 aromatic rings. The number of carbonyl (C=O) groups excluding carboxylic acids is 2. The third kappa shape index (κ3) is 4.49. The van der Waals surface area contributed by atoms with Crippen LogP contribution in [0.25, 0.3) is 10.8 Å². The summed E-state index contributed by atoms with van der Waals surface area (Å²) in [6.07, 6.45) is 0. The smallest absolute Gasteiger partial charge is 0.315 e. The Kier molecular flexibility index (Phi) is 5.83. The van der Waals surface area contributed by atoms with Gasteiger partial charge < -0.3 is 10.1 Å². The molecule has 0 aliphatic heterocycles. The molecule has 0 saturated heterocycles. The Balaban J connectivity index is 1.93. The molecule has 4 nitrogen and oxygen atoms in total. The first-order valence-corrected chi connectivity index (χ1v) is 8.22. The van der Waals surface area contributed by atoms with Gasteiger partial charge in [0.2, 0.25) is 5.91 Å². The van der Waals surface area contributed by atoms with E-state index >= 15 is 0 Å². The van der Waals surface area contributed by atoms with E-state index in [1.807, 2.05) is 42.5 Å². The van der Waals surface area contributed by atoms with Gasteiger partial charge >= 0.3 is 5.97 Å². The fourth-order valence-corrected chi connectivity index (χ4v) is 2.66. The van der Waals surface area contributed by atoms with Crippen molar-refractivity contribution in [3.05, 3.63) is 42.5 Å². The summed E-state index contributed by atoms with van der Waals surface area (Å²) in [6.45, 7) is 3.90. The summed E-state index contributed by atoms with van der Waals surface area (Å²) in [4.78, 5) is 23.4. The van der Waals surface area contributed by atoms with Crippen molar-refractivity contribution >= 4 is 40.1 Å². The average molecular weight is 317 g/mol. The number of anilines is 1. The van der Waals surface area contributed by atoms with Gasteiger partial charge in [0, 0.05) is 5.69 Å². The van der Waals surface area contributed by atoms with Gasteiger partial charge in [-0.2, -0.15) is 0 Å². The predicted molar refractivity (Wildman–Crippen MR) is 91.1 cm³/mol. The van der Waals surface area contributed by atoms with E-state index in [1.54, 1.807) is 13.8 Å². The number of ether oxygens (including phenoxy) is 1. The Morgan fingerprint density at radius 2 is 1.91 bits per heavy atom. The van der Waals surface area contributed by atoms with Crippen LogP contribution in [0.3, 0.4) is 0 Å². The number of rotatable bonds is 6. The van der Waals surface area contributed by atoms with Crippen LogP contribution in [-0.4, -0.2) is 29.5 Å². The molecular formula is C17H19NO3S. The number of benzene rings is 2. The van der Waals surface area contributed by atoms with Crippen LogP contribution in [0.5, 0.6) is 0 Å². The van der Waals surface area contributed by atoms with Gasteiger partial charge in [0.1, 0.15) is 0 Å². The van der Waals surface area contributed by atoms with Crippen molar-refractivity contribution < 1.29 is 14.3 Å². The maximum absolute atomic E-state index is 12.1. The first-order chi connectivity index (χ1) is 10.6. The third-order valence-corrected chi connectivity index (χ3v) is 4.26. The van der Waals surface area contributed by atoms with E-state index in [1.165, 1.54) is 11.8 Å². The average Bonchev–Trinajstić information content (AvgIpc) is 2.52. The van der Waals surface area contributed by atoms with Crippen LogP contribution >= 0.6 is 11.8 Å². The lowest BCUT2D eigenvalue weighted by atomic mass is 10.1. The Bertz CT molecular complexity index is 672. The van der Waals surface area contributed by atoms with Gasteiger partial charge in [-0.25, -0.2) is 0 Å². The second-order valence-electron chi connectivity index (χ2n) is 4.81. The maximum atomic E-state index is 12.1. The van der Waals surface area contributed by atoms with E-state index in [2.05, 4.69) is 5.32 Å². The van der Waals surface area contributed by atoms with Gasteiger partial charge in [0.25, 0.3) is 0 Å². The number of carbonyl (C=O) groups is 2.